The summed E-state index contributed by atoms with van der Waals surface area (Å²) in [4.78, 5) is 8.17. The van der Waals surface area contributed by atoms with Crippen LogP contribution in [0.3, 0.4) is 0 Å². The fraction of sp³-hybridized carbons (Fsp3) is 0.286. The molecule has 2 aromatic rings. The van der Waals surface area contributed by atoms with Gasteiger partial charge in [0, 0.05) is 39.6 Å². The van der Waals surface area contributed by atoms with Gasteiger partial charge in [-0.1, -0.05) is 24.3 Å². The molecule has 0 fully saturated rings. The van der Waals surface area contributed by atoms with Crippen molar-refractivity contribution < 1.29 is 0 Å². The van der Waals surface area contributed by atoms with Gasteiger partial charge >= 0.3 is 0 Å². The van der Waals surface area contributed by atoms with Crippen molar-refractivity contribution in [3.63, 3.8) is 0 Å². The molecule has 0 bridgehead atoms. The first-order chi connectivity index (χ1) is 9.33. The number of nitrogens with zero attached hydrogens (tertiary/aromatic N) is 3. The summed E-state index contributed by atoms with van der Waals surface area (Å²) in [6.07, 6.45) is 5.59. The lowest BCUT2D eigenvalue weighted by Gasteiger charge is -2.12. The van der Waals surface area contributed by atoms with Crippen molar-refractivity contribution in [1.29, 1.82) is 0 Å². The Kier molecular flexibility index (Phi) is 7.06. The van der Waals surface area contributed by atoms with Crippen LogP contribution in [0.25, 0.3) is 0 Å². The minimum absolute atomic E-state index is 0. The third-order valence-electron chi connectivity index (χ3n) is 2.94. The summed E-state index contributed by atoms with van der Waals surface area (Å²) in [5, 5.41) is 6.28. The van der Waals surface area contributed by atoms with Gasteiger partial charge in [0.05, 0.1) is 6.33 Å². The van der Waals surface area contributed by atoms with Crippen molar-refractivity contribution in [2.45, 2.75) is 13.1 Å². The molecule has 0 unspecified atom stereocenters. The Balaban J connectivity index is 0.00000200. The molecule has 1 aromatic carbocycles. The van der Waals surface area contributed by atoms with Crippen molar-refractivity contribution in [2.24, 2.45) is 4.99 Å². The maximum Gasteiger partial charge on any atom is 0.190 e. The normalized spacial score (nSPS) is 10.8. The molecule has 2 rings (SSSR count). The predicted octanol–water partition coefficient (Wildman–Crippen LogP) is 1.84. The van der Waals surface area contributed by atoms with Crippen LogP contribution in [-0.4, -0.2) is 29.6 Å². The zero-order chi connectivity index (χ0) is 13.5. The number of aliphatic imine (C=N–C) groups is 1. The molecule has 0 amide bonds. The molecule has 2 N–H and O–H groups in total. The molecule has 0 aliphatic rings. The minimum Gasteiger partial charge on any atom is -0.359 e. The van der Waals surface area contributed by atoms with Crippen LogP contribution < -0.4 is 10.6 Å². The van der Waals surface area contributed by atoms with E-state index in [-0.39, 0.29) is 24.0 Å². The Morgan fingerprint density at radius 1 is 1.30 bits per heavy atom. The summed E-state index contributed by atoms with van der Waals surface area (Å²) in [6.45, 7) is 1.58. The lowest BCUT2D eigenvalue weighted by molar-refractivity contribution is 0.771. The summed E-state index contributed by atoms with van der Waals surface area (Å²) in [7, 11) is 3.61. The maximum atomic E-state index is 4.11. The van der Waals surface area contributed by atoms with Crippen LogP contribution in [0.4, 0.5) is 0 Å². The molecule has 0 radical (unpaired) electrons. The van der Waals surface area contributed by atoms with E-state index in [9.17, 15) is 0 Å². The van der Waals surface area contributed by atoms with E-state index in [0.717, 1.165) is 19.0 Å². The number of imidazole rings is 1. The zero-order valence-corrected chi connectivity index (χ0v) is 14.0. The molecule has 1 heterocycles. The summed E-state index contributed by atoms with van der Waals surface area (Å²) >= 11 is 0. The van der Waals surface area contributed by atoms with Gasteiger partial charge in [-0.15, -0.1) is 24.0 Å². The Labute approximate surface area is 136 Å². The second-order valence-electron chi connectivity index (χ2n) is 4.18. The van der Waals surface area contributed by atoms with Crippen LogP contribution in [0.1, 0.15) is 11.1 Å². The Hall–Kier alpha value is -1.57. The standard InChI is InChI=1S/C14H19N5.HI/c1-15-14(16-2)18-9-12-5-3-4-6-13(12)10-19-8-7-17-11-19;/h3-8,11H,9-10H2,1-2H3,(H2,15,16,18);1H. The van der Waals surface area contributed by atoms with Crippen molar-refractivity contribution in [2.75, 3.05) is 14.1 Å². The number of nitrogens with one attached hydrogen (secondary N) is 2. The average Bonchev–Trinajstić information content (AvgIpc) is 2.94. The molecule has 108 valence electrons. The van der Waals surface area contributed by atoms with E-state index < -0.39 is 0 Å². The van der Waals surface area contributed by atoms with Crippen molar-refractivity contribution in [3.8, 4) is 0 Å². The molecule has 0 aliphatic carbocycles. The van der Waals surface area contributed by atoms with E-state index >= 15 is 0 Å². The smallest absolute Gasteiger partial charge is 0.190 e. The summed E-state index contributed by atoms with van der Waals surface area (Å²) in [5.74, 6) is 0.789. The van der Waals surface area contributed by atoms with E-state index in [2.05, 4.69) is 49.4 Å². The Bertz CT molecular complexity index is 536. The Morgan fingerprint density at radius 2 is 2.05 bits per heavy atom. The topological polar surface area (TPSA) is 54.2 Å². The lowest BCUT2D eigenvalue weighted by Crippen LogP contribution is -2.34. The fourth-order valence-electron chi connectivity index (χ4n) is 1.92. The van der Waals surface area contributed by atoms with Crippen molar-refractivity contribution in [1.82, 2.24) is 20.2 Å². The number of hydrogen-bond acceptors (Lipinski definition) is 2. The first-order valence-corrected chi connectivity index (χ1v) is 6.24. The molecule has 6 heteroatoms. The van der Waals surface area contributed by atoms with Crippen LogP contribution in [0.15, 0.2) is 48.0 Å². The number of aromatic nitrogens is 2. The van der Waals surface area contributed by atoms with Crippen molar-refractivity contribution in [3.05, 3.63) is 54.1 Å². The molecule has 5 nitrogen and oxygen atoms in total. The van der Waals surface area contributed by atoms with Gasteiger partial charge in [0.15, 0.2) is 5.96 Å². The SMILES string of the molecule is CN=C(NC)NCc1ccccc1Cn1ccnc1.I. The monoisotopic (exact) mass is 385 g/mol. The predicted molar refractivity (Wildman–Crippen MR) is 92.4 cm³/mol. The van der Waals surface area contributed by atoms with E-state index in [1.165, 1.54) is 11.1 Å². The Morgan fingerprint density at radius 3 is 2.65 bits per heavy atom. The highest BCUT2D eigenvalue weighted by molar-refractivity contribution is 14.0. The molecule has 1 aromatic heterocycles. The van der Waals surface area contributed by atoms with Crippen LogP contribution in [0.5, 0.6) is 0 Å². The molecule has 0 aliphatic heterocycles. The van der Waals surface area contributed by atoms with Gasteiger partial charge in [-0.25, -0.2) is 4.98 Å². The highest BCUT2D eigenvalue weighted by Gasteiger charge is 2.03. The molecular formula is C14H20IN5. The minimum atomic E-state index is 0. The molecule has 0 saturated carbocycles. The van der Waals surface area contributed by atoms with Gasteiger partial charge in [0.2, 0.25) is 0 Å². The first kappa shape index (κ1) is 16.5. The number of benzene rings is 1. The summed E-state index contributed by atoms with van der Waals surface area (Å²) in [5.41, 5.74) is 2.53. The van der Waals surface area contributed by atoms with Gasteiger partial charge in [-0.3, -0.25) is 4.99 Å². The van der Waals surface area contributed by atoms with Crippen LogP contribution >= 0.6 is 24.0 Å². The molecule has 0 spiro atoms. The number of hydrogen-bond donors (Lipinski definition) is 2. The molecule has 20 heavy (non-hydrogen) atoms. The zero-order valence-electron chi connectivity index (χ0n) is 11.7. The molecule has 0 saturated heterocycles. The number of halogens is 1. The average molecular weight is 385 g/mol. The van der Waals surface area contributed by atoms with Gasteiger partial charge in [-0.2, -0.15) is 0 Å². The van der Waals surface area contributed by atoms with Gasteiger partial charge < -0.3 is 15.2 Å². The third-order valence-corrected chi connectivity index (χ3v) is 2.94. The maximum absolute atomic E-state index is 4.11. The second kappa shape index (κ2) is 8.57. The van der Waals surface area contributed by atoms with E-state index in [4.69, 9.17) is 0 Å². The quantitative estimate of drug-likeness (QED) is 0.480. The lowest BCUT2D eigenvalue weighted by atomic mass is 10.1. The third kappa shape index (κ3) is 4.52. The van der Waals surface area contributed by atoms with E-state index in [1.54, 1.807) is 13.2 Å². The van der Waals surface area contributed by atoms with Crippen molar-refractivity contribution >= 4 is 29.9 Å². The van der Waals surface area contributed by atoms with E-state index in [1.807, 2.05) is 19.6 Å². The van der Waals surface area contributed by atoms with Gasteiger partial charge in [0.1, 0.15) is 0 Å². The number of guanidine groups is 1. The first-order valence-electron chi connectivity index (χ1n) is 6.24. The second-order valence-corrected chi connectivity index (χ2v) is 4.18. The molecule has 0 atom stereocenters. The highest BCUT2D eigenvalue weighted by atomic mass is 127. The highest BCUT2D eigenvalue weighted by Crippen LogP contribution is 2.10. The fourth-order valence-corrected chi connectivity index (χ4v) is 1.92. The summed E-state index contributed by atoms with van der Waals surface area (Å²) in [6, 6.07) is 8.38. The van der Waals surface area contributed by atoms with Gasteiger partial charge in [0.25, 0.3) is 0 Å². The van der Waals surface area contributed by atoms with E-state index in [0.29, 0.717) is 0 Å². The summed E-state index contributed by atoms with van der Waals surface area (Å²) < 4.78 is 2.06. The van der Waals surface area contributed by atoms with Crippen LogP contribution in [0.2, 0.25) is 0 Å². The van der Waals surface area contributed by atoms with Crippen LogP contribution in [-0.2, 0) is 13.1 Å². The molecular weight excluding hydrogens is 365 g/mol. The van der Waals surface area contributed by atoms with Gasteiger partial charge in [-0.05, 0) is 11.1 Å². The largest absolute Gasteiger partial charge is 0.359 e. The van der Waals surface area contributed by atoms with Crippen LogP contribution in [0, 0.1) is 0 Å². The number of rotatable bonds is 4.